The van der Waals surface area contributed by atoms with Crippen molar-refractivity contribution in [2.24, 2.45) is 5.73 Å². The summed E-state index contributed by atoms with van der Waals surface area (Å²) in [5.41, 5.74) is 5.04. The molecule has 0 aromatic heterocycles. The number of hydrogen-bond donors (Lipinski definition) is 5. The summed E-state index contributed by atoms with van der Waals surface area (Å²) in [5, 5.41) is 35.2. The molecule has 0 aliphatic carbocycles. The molecule has 0 rings (SSSR count). The average molecular weight is 181 g/mol. The second-order valence-corrected chi connectivity index (χ2v) is 2.44. The molecule has 0 aromatic carbocycles. The van der Waals surface area contributed by atoms with E-state index in [1.54, 1.807) is 0 Å². The van der Waals surface area contributed by atoms with Crippen LogP contribution in [0, 0.1) is 0 Å². The monoisotopic (exact) mass is 181 g/mol. The first-order valence-electron chi connectivity index (χ1n) is 3.40. The Bertz CT molecular complexity index is 142. The van der Waals surface area contributed by atoms with Crippen LogP contribution in [0.5, 0.6) is 0 Å². The molecule has 0 saturated heterocycles. The Balaban J connectivity index is 4.07. The van der Waals surface area contributed by atoms with Crippen molar-refractivity contribution in [3.8, 4) is 0 Å². The fraction of sp³-hybridized carbons (Fsp3) is 0.833. The zero-order chi connectivity index (χ0) is 9.72. The summed E-state index contributed by atoms with van der Waals surface area (Å²) in [5.74, 6) is 0. The minimum Gasteiger partial charge on any atom is -0.394 e. The highest BCUT2D eigenvalue weighted by molar-refractivity contribution is 5.58. The third-order valence-corrected chi connectivity index (χ3v) is 1.48. The Kier molecular flexibility index (Phi) is 4.95. The van der Waals surface area contributed by atoms with E-state index in [0.29, 0.717) is 0 Å². The van der Waals surface area contributed by atoms with Gasteiger partial charge in [-0.05, 0) is 0 Å². The van der Waals surface area contributed by atoms with Crippen LogP contribution < -0.4 is 5.73 Å². The van der Waals surface area contributed by atoms with Crippen LogP contribution in [0.3, 0.4) is 0 Å². The van der Waals surface area contributed by atoms with Gasteiger partial charge in [-0.2, -0.15) is 0 Å². The van der Waals surface area contributed by atoms with Crippen LogP contribution in [0.2, 0.25) is 0 Å². The predicted octanol–water partition coefficient (Wildman–Crippen LogP) is -3.41. The summed E-state index contributed by atoms with van der Waals surface area (Å²) in [6.07, 6.45) is -4.43. The molecule has 12 heavy (non-hydrogen) atoms. The number of rotatable bonds is 5. The molecule has 0 saturated carbocycles. The van der Waals surface area contributed by atoms with E-state index >= 15 is 0 Å². The number of aldehydes is 1. The van der Waals surface area contributed by atoms with Gasteiger partial charge in [-0.3, -0.25) is 0 Å². The molecule has 0 bridgehead atoms. The lowest BCUT2D eigenvalue weighted by Gasteiger charge is -2.23. The summed E-state index contributed by atoms with van der Waals surface area (Å²) in [4.78, 5) is 10.0. The molecule has 0 aliphatic rings. The van der Waals surface area contributed by atoms with Gasteiger partial charge in [0.15, 0.2) is 0 Å². The maximum absolute atomic E-state index is 10.0. The van der Waals surface area contributed by atoms with Gasteiger partial charge in [-0.25, -0.2) is 0 Å². The van der Waals surface area contributed by atoms with Crippen LogP contribution in [0.15, 0.2) is 0 Å². The number of hydrogen-bond acceptors (Lipinski definition) is 6. The van der Waals surface area contributed by atoms with Crippen molar-refractivity contribution in [1.29, 1.82) is 0 Å². The van der Waals surface area contributed by atoms with Gasteiger partial charge < -0.3 is 31.0 Å². The summed E-state index contributed by atoms with van der Waals surface area (Å²) < 4.78 is 0. The van der Waals surface area contributed by atoms with Crippen molar-refractivity contribution in [3.05, 3.63) is 0 Å². The molecule has 0 fully saturated rings. The third kappa shape index (κ3) is 2.84. The van der Waals surface area contributed by atoms with Gasteiger partial charge >= 0.3 is 0 Å². The second kappa shape index (κ2) is 5.18. The van der Waals surface area contributed by atoms with Crippen molar-refractivity contribution in [2.45, 2.75) is 24.4 Å². The Morgan fingerprint density at radius 2 is 1.75 bits per heavy atom. The molecule has 6 N–H and O–H groups in total. The minimum atomic E-state index is -1.62. The topological polar surface area (TPSA) is 124 Å². The van der Waals surface area contributed by atoms with Crippen LogP contribution in [0.25, 0.3) is 0 Å². The van der Waals surface area contributed by atoms with E-state index in [0.717, 1.165) is 0 Å². The molecule has 0 aromatic rings. The smallest absolute Gasteiger partial charge is 0.139 e. The van der Waals surface area contributed by atoms with Crippen LogP contribution in [0.1, 0.15) is 0 Å². The molecule has 0 amide bonds. The van der Waals surface area contributed by atoms with E-state index in [1.165, 1.54) is 0 Å². The van der Waals surface area contributed by atoms with E-state index in [9.17, 15) is 4.79 Å². The highest BCUT2D eigenvalue weighted by atomic mass is 16.4. The highest BCUT2D eigenvalue weighted by Gasteiger charge is 2.28. The largest absolute Gasteiger partial charge is 0.394 e. The predicted molar refractivity (Wildman–Crippen MR) is 39.1 cm³/mol. The molecule has 0 aliphatic heterocycles. The Labute approximate surface area is 69.2 Å². The number of aliphatic hydroxyl groups is 4. The molecule has 6 nitrogen and oxygen atoms in total. The second-order valence-electron chi connectivity index (χ2n) is 2.44. The first kappa shape index (κ1) is 11.5. The molecule has 0 unspecified atom stereocenters. The van der Waals surface area contributed by atoms with Crippen molar-refractivity contribution in [3.63, 3.8) is 0 Å². The Hall–Kier alpha value is -0.530. The molecule has 4 atom stereocenters. The first-order chi connectivity index (χ1) is 5.54. The standard InChI is InChI=1S/C6H13NO5/c7-3(1-8)5(11)6(12)4(10)2-9/h1,3-6,9-12H,2,7H2/t3-,4+,5+,6+/m0/s1/i1+1,7+1. The maximum Gasteiger partial charge on any atom is 0.139 e. The lowest BCUT2D eigenvalue weighted by Crippen LogP contribution is -2.49. The zero-order valence-electron chi connectivity index (χ0n) is 6.37. The van der Waals surface area contributed by atoms with Gasteiger partial charge in [0, 0.05) is 0 Å². The minimum absolute atomic E-state index is 0.248. The molecule has 72 valence electrons. The van der Waals surface area contributed by atoms with E-state index in [-0.39, 0.29) is 6.29 Å². The van der Waals surface area contributed by atoms with Crippen molar-refractivity contribution >= 4 is 6.29 Å². The lowest BCUT2D eigenvalue weighted by atomic mass is 10.1. The van der Waals surface area contributed by atoms with E-state index < -0.39 is 31.0 Å². The van der Waals surface area contributed by atoms with Crippen LogP contribution in [-0.2, 0) is 4.79 Å². The molecule has 0 radical (unpaired) electrons. The fourth-order valence-corrected chi connectivity index (χ4v) is 0.644. The molecule has 6 heteroatoms. The normalized spacial score (nSPS) is 21.1. The molecule has 0 heterocycles. The SMILES string of the molecule is [15NH2][C@@H]([13CH]=O)[C@@H](O)[C@H](O)[C@H](O)CO. The quantitative estimate of drug-likeness (QED) is 0.171. The van der Waals surface area contributed by atoms with E-state index in [4.69, 9.17) is 26.2 Å². The van der Waals surface area contributed by atoms with Crippen LogP contribution >= 0.6 is 0 Å². The Morgan fingerprint density at radius 1 is 1.25 bits per heavy atom. The van der Waals surface area contributed by atoms with Gasteiger partial charge in [0.05, 0.1) is 12.6 Å². The van der Waals surface area contributed by atoms with Gasteiger partial charge in [-0.15, -0.1) is 0 Å². The Morgan fingerprint density at radius 3 is 2.08 bits per heavy atom. The maximum atomic E-state index is 10.0. The van der Waals surface area contributed by atoms with Crippen molar-refractivity contribution in [2.75, 3.05) is 6.61 Å². The molecular weight excluding hydrogens is 168 g/mol. The van der Waals surface area contributed by atoms with Crippen LogP contribution in [0.4, 0.5) is 0 Å². The average Bonchev–Trinajstić information content (AvgIpc) is 2.12. The van der Waals surface area contributed by atoms with E-state index in [2.05, 4.69) is 0 Å². The van der Waals surface area contributed by atoms with E-state index in [1.807, 2.05) is 0 Å². The summed E-state index contributed by atoms with van der Waals surface area (Å²) in [7, 11) is 0. The van der Waals surface area contributed by atoms with Gasteiger partial charge in [-0.1, -0.05) is 0 Å². The number of aliphatic hydroxyl groups excluding tert-OH is 4. The zero-order valence-corrected chi connectivity index (χ0v) is 6.37. The first-order valence-corrected chi connectivity index (χ1v) is 3.40. The van der Waals surface area contributed by atoms with Gasteiger partial charge in [0.25, 0.3) is 0 Å². The fourth-order valence-electron chi connectivity index (χ4n) is 0.644. The molecule has 0 spiro atoms. The van der Waals surface area contributed by atoms with Gasteiger partial charge in [0.2, 0.25) is 0 Å². The summed E-state index contributed by atoms with van der Waals surface area (Å²) in [6, 6.07) is -1.26. The third-order valence-electron chi connectivity index (χ3n) is 1.48. The van der Waals surface area contributed by atoms with Crippen molar-refractivity contribution < 1.29 is 25.2 Å². The summed E-state index contributed by atoms with van der Waals surface area (Å²) >= 11 is 0. The molecular formula is C6H13NO5. The summed E-state index contributed by atoms with van der Waals surface area (Å²) in [6.45, 7) is -0.705. The lowest BCUT2D eigenvalue weighted by molar-refractivity contribution is -0.118. The van der Waals surface area contributed by atoms with Crippen molar-refractivity contribution in [1.82, 2.24) is 0 Å². The highest BCUT2D eigenvalue weighted by Crippen LogP contribution is 2.01. The van der Waals surface area contributed by atoms with Crippen LogP contribution in [-0.4, -0.2) is 57.7 Å². The number of nitrogens with two attached hydrogens (primary N) is 1. The number of carbonyl (C=O) groups excluding carboxylic acids is 1. The number of carbonyl (C=O) groups is 1. The van der Waals surface area contributed by atoms with Gasteiger partial charge in [0.1, 0.15) is 24.6 Å².